The van der Waals surface area contributed by atoms with E-state index in [1.807, 2.05) is 0 Å². The van der Waals surface area contributed by atoms with Gasteiger partial charge in [0.1, 0.15) is 5.41 Å². The summed E-state index contributed by atoms with van der Waals surface area (Å²) in [6.07, 6.45) is -1.89. The number of hydrogen-bond donors (Lipinski definition) is 0. The van der Waals surface area contributed by atoms with E-state index in [4.69, 9.17) is 0 Å². The van der Waals surface area contributed by atoms with Crippen LogP contribution < -0.4 is 0 Å². The molecule has 1 heterocycles. The van der Waals surface area contributed by atoms with E-state index in [1.165, 1.54) is 6.20 Å². The van der Waals surface area contributed by atoms with Gasteiger partial charge in [-0.25, -0.2) is 0 Å². The van der Waals surface area contributed by atoms with Gasteiger partial charge in [-0.15, -0.1) is 0 Å². The summed E-state index contributed by atoms with van der Waals surface area (Å²) in [6, 6.07) is 3.23. The van der Waals surface area contributed by atoms with Gasteiger partial charge in [-0.3, -0.25) is 4.98 Å². The molecule has 0 radical (unpaired) electrons. The highest BCUT2D eigenvalue weighted by Gasteiger charge is 2.60. The Bertz CT molecular complexity index is 371. The van der Waals surface area contributed by atoms with Gasteiger partial charge in [-0.2, -0.15) is 13.2 Å². The minimum Gasteiger partial charge on any atom is -0.259 e. The molecule has 1 saturated carbocycles. The Kier molecular flexibility index (Phi) is 2.53. The van der Waals surface area contributed by atoms with Crippen molar-refractivity contribution in [1.82, 2.24) is 4.98 Å². The zero-order valence-electron chi connectivity index (χ0n) is 7.81. The molecule has 0 N–H and O–H groups in total. The molecule has 0 bridgehead atoms. The van der Waals surface area contributed by atoms with Crippen molar-refractivity contribution in [2.45, 2.75) is 30.9 Å². The third-order valence-corrected chi connectivity index (χ3v) is 3.60. The van der Waals surface area contributed by atoms with Gasteiger partial charge in [0, 0.05) is 10.7 Å². The summed E-state index contributed by atoms with van der Waals surface area (Å²) in [6.45, 7) is 0. The maximum absolute atomic E-state index is 13.0. The smallest absolute Gasteiger partial charge is 0.259 e. The van der Waals surface area contributed by atoms with Crippen LogP contribution in [0.15, 0.2) is 22.8 Å². The third-order valence-electron chi connectivity index (χ3n) is 2.96. The lowest BCUT2D eigenvalue weighted by atomic mass is 9.66. The second-order valence-corrected chi connectivity index (χ2v) is 4.62. The molecule has 1 aliphatic carbocycles. The highest BCUT2D eigenvalue weighted by molar-refractivity contribution is 9.10. The van der Waals surface area contributed by atoms with Gasteiger partial charge in [-0.1, -0.05) is 6.42 Å². The van der Waals surface area contributed by atoms with E-state index >= 15 is 0 Å². The number of hydrogen-bond acceptors (Lipinski definition) is 1. The molecule has 0 aliphatic heterocycles. The molecule has 5 heteroatoms. The summed E-state index contributed by atoms with van der Waals surface area (Å²) in [5.74, 6) is 0. The van der Waals surface area contributed by atoms with Crippen molar-refractivity contribution >= 4 is 15.9 Å². The summed E-state index contributed by atoms with van der Waals surface area (Å²) in [5, 5.41) is 0. The van der Waals surface area contributed by atoms with E-state index in [0.717, 1.165) is 0 Å². The van der Waals surface area contributed by atoms with Crippen LogP contribution in [-0.4, -0.2) is 11.2 Å². The number of halogens is 4. The SMILES string of the molecule is FC(F)(F)C1(c2ncccc2Br)CCC1. The van der Waals surface area contributed by atoms with Crippen molar-refractivity contribution in [3.63, 3.8) is 0 Å². The average Bonchev–Trinajstić information content (AvgIpc) is 2.03. The van der Waals surface area contributed by atoms with Crippen LogP contribution in [0.4, 0.5) is 13.2 Å². The van der Waals surface area contributed by atoms with E-state index in [9.17, 15) is 13.2 Å². The number of rotatable bonds is 1. The highest BCUT2D eigenvalue weighted by atomic mass is 79.9. The predicted octanol–water partition coefficient (Wildman–Crippen LogP) is 3.83. The molecule has 0 atom stereocenters. The Morgan fingerprint density at radius 2 is 2.00 bits per heavy atom. The third kappa shape index (κ3) is 1.57. The van der Waals surface area contributed by atoms with Gasteiger partial charge in [0.25, 0.3) is 0 Å². The summed E-state index contributed by atoms with van der Waals surface area (Å²) in [4.78, 5) is 3.87. The Balaban J connectivity index is 2.48. The van der Waals surface area contributed by atoms with Crippen LogP contribution in [0.5, 0.6) is 0 Å². The summed E-state index contributed by atoms with van der Waals surface area (Å²) in [7, 11) is 0. The first-order chi connectivity index (χ1) is 6.97. The van der Waals surface area contributed by atoms with E-state index < -0.39 is 11.6 Å². The molecule has 0 aromatic carbocycles. The molecule has 1 nitrogen and oxygen atoms in total. The van der Waals surface area contributed by atoms with Gasteiger partial charge in [-0.05, 0) is 40.9 Å². The normalized spacial score (nSPS) is 19.7. The number of nitrogens with zero attached hydrogens (tertiary/aromatic N) is 1. The highest BCUT2D eigenvalue weighted by Crippen LogP contribution is 2.55. The second kappa shape index (κ2) is 3.47. The number of alkyl halides is 3. The first-order valence-electron chi connectivity index (χ1n) is 4.65. The van der Waals surface area contributed by atoms with E-state index in [-0.39, 0.29) is 18.5 Å². The van der Waals surface area contributed by atoms with Crippen molar-refractivity contribution in [2.75, 3.05) is 0 Å². The second-order valence-electron chi connectivity index (χ2n) is 3.77. The maximum atomic E-state index is 13.0. The minimum absolute atomic E-state index is 0.128. The Morgan fingerprint density at radius 3 is 2.40 bits per heavy atom. The monoisotopic (exact) mass is 279 g/mol. The fraction of sp³-hybridized carbons (Fsp3) is 0.500. The standard InChI is InChI=1S/C10H9BrF3N/c11-7-3-1-6-15-8(7)9(4-2-5-9)10(12,13)14/h1,3,6H,2,4-5H2. The van der Waals surface area contributed by atoms with Crippen LogP contribution in [0.3, 0.4) is 0 Å². The van der Waals surface area contributed by atoms with Gasteiger partial charge in [0.15, 0.2) is 0 Å². The lowest BCUT2D eigenvalue weighted by molar-refractivity contribution is -0.214. The first kappa shape index (κ1) is 10.9. The maximum Gasteiger partial charge on any atom is 0.399 e. The van der Waals surface area contributed by atoms with E-state index in [1.54, 1.807) is 12.1 Å². The van der Waals surface area contributed by atoms with Crippen LogP contribution in [0.2, 0.25) is 0 Å². The molecule has 1 fully saturated rings. The van der Waals surface area contributed by atoms with Crippen LogP contribution in [0.1, 0.15) is 25.0 Å². The molecule has 1 aromatic heterocycles. The van der Waals surface area contributed by atoms with Crippen molar-refractivity contribution in [3.05, 3.63) is 28.5 Å². The molecule has 82 valence electrons. The fourth-order valence-corrected chi connectivity index (χ4v) is 2.56. The average molecular weight is 280 g/mol. The predicted molar refractivity (Wildman–Crippen MR) is 53.5 cm³/mol. The van der Waals surface area contributed by atoms with E-state index in [2.05, 4.69) is 20.9 Å². The Morgan fingerprint density at radius 1 is 1.33 bits per heavy atom. The number of pyridine rings is 1. The Hall–Kier alpha value is -0.580. The molecule has 1 aliphatic rings. The molecule has 0 amide bonds. The molecule has 1 aromatic rings. The molecule has 2 rings (SSSR count). The fourth-order valence-electron chi connectivity index (χ4n) is 1.92. The quantitative estimate of drug-likeness (QED) is 0.761. The van der Waals surface area contributed by atoms with Crippen molar-refractivity contribution in [2.24, 2.45) is 0 Å². The molecule has 0 saturated heterocycles. The van der Waals surface area contributed by atoms with Crippen molar-refractivity contribution in [1.29, 1.82) is 0 Å². The molecule has 15 heavy (non-hydrogen) atoms. The number of aromatic nitrogens is 1. The minimum atomic E-state index is -4.21. The lowest BCUT2D eigenvalue weighted by Crippen LogP contribution is -2.48. The van der Waals surface area contributed by atoms with Crippen LogP contribution in [0, 0.1) is 0 Å². The molecule has 0 spiro atoms. The zero-order valence-corrected chi connectivity index (χ0v) is 9.40. The molecular weight excluding hydrogens is 271 g/mol. The summed E-state index contributed by atoms with van der Waals surface area (Å²) in [5.41, 5.74) is -1.59. The van der Waals surface area contributed by atoms with Gasteiger partial charge >= 0.3 is 6.18 Å². The van der Waals surface area contributed by atoms with Crippen LogP contribution >= 0.6 is 15.9 Å². The summed E-state index contributed by atoms with van der Waals surface area (Å²) < 4.78 is 39.3. The van der Waals surface area contributed by atoms with Crippen LogP contribution in [0.25, 0.3) is 0 Å². The van der Waals surface area contributed by atoms with Crippen molar-refractivity contribution < 1.29 is 13.2 Å². The Labute approximate surface area is 93.8 Å². The topological polar surface area (TPSA) is 12.9 Å². The first-order valence-corrected chi connectivity index (χ1v) is 5.44. The zero-order chi connectivity index (χ0) is 11.1. The van der Waals surface area contributed by atoms with Gasteiger partial charge < -0.3 is 0 Å². The summed E-state index contributed by atoms with van der Waals surface area (Å²) >= 11 is 3.14. The molecular formula is C10H9BrF3N. The van der Waals surface area contributed by atoms with Gasteiger partial charge in [0.2, 0.25) is 0 Å². The van der Waals surface area contributed by atoms with Gasteiger partial charge in [0.05, 0.1) is 5.69 Å². The van der Waals surface area contributed by atoms with Crippen molar-refractivity contribution in [3.8, 4) is 0 Å². The lowest BCUT2D eigenvalue weighted by Gasteiger charge is -2.42. The van der Waals surface area contributed by atoms with E-state index in [0.29, 0.717) is 10.9 Å². The molecule has 0 unspecified atom stereocenters. The van der Waals surface area contributed by atoms with Crippen LogP contribution in [-0.2, 0) is 5.41 Å². The largest absolute Gasteiger partial charge is 0.399 e.